The van der Waals surface area contributed by atoms with Gasteiger partial charge in [0, 0.05) is 51.9 Å². The molecule has 0 unspecified atom stereocenters. The maximum atomic E-state index is 14.1. The number of aliphatic hydroxyl groups excluding tert-OH is 1. The number of nitrogens with zero attached hydrogens (tertiary/aromatic N) is 3. The second-order valence-electron chi connectivity index (χ2n) is 8.32. The molecule has 2 atom stereocenters. The highest BCUT2D eigenvalue weighted by Gasteiger charge is 2.34. The Morgan fingerprint density at radius 1 is 1.06 bits per heavy atom. The largest absolute Gasteiger partial charge is 0.465 e. The van der Waals surface area contributed by atoms with Gasteiger partial charge in [-0.3, -0.25) is 9.80 Å². The Hall–Kier alpha value is -2.48. The maximum Gasteiger partial charge on any atom is 0.337 e. The van der Waals surface area contributed by atoms with Crippen LogP contribution in [0.5, 0.6) is 0 Å². The molecule has 31 heavy (non-hydrogen) atoms. The predicted octanol–water partition coefficient (Wildman–Crippen LogP) is 2.37. The number of hydrogen-bond donors (Lipinski definition) is 1. The van der Waals surface area contributed by atoms with Crippen LogP contribution in [0.2, 0.25) is 0 Å². The topological polar surface area (TPSA) is 56.2 Å². The summed E-state index contributed by atoms with van der Waals surface area (Å²) in [7, 11) is 1.38. The van der Waals surface area contributed by atoms with Gasteiger partial charge in [0.2, 0.25) is 0 Å². The van der Waals surface area contributed by atoms with E-state index in [9.17, 15) is 14.3 Å². The average Bonchev–Trinajstić information content (AvgIpc) is 2.80. The van der Waals surface area contributed by atoms with Crippen LogP contribution in [-0.4, -0.2) is 79.4 Å². The molecule has 1 N–H and O–H groups in total. The third-order valence-electron chi connectivity index (χ3n) is 6.39. The number of para-hydroxylation sites is 1. The summed E-state index contributed by atoms with van der Waals surface area (Å²) in [6, 6.07) is 14.5. The number of benzene rings is 2. The van der Waals surface area contributed by atoms with Crippen molar-refractivity contribution in [3.05, 3.63) is 65.5 Å². The van der Waals surface area contributed by atoms with E-state index in [1.54, 1.807) is 18.2 Å². The van der Waals surface area contributed by atoms with Gasteiger partial charge in [-0.15, -0.1) is 0 Å². The molecule has 2 aliphatic rings. The van der Waals surface area contributed by atoms with Crippen molar-refractivity contribution < 1.29 is 19.0 Å². The first-order valence-corrected chi connectivity index (χ1v) is 10.9. The molecule has 0 amide bonds. The molecule has 6 nitrogen and oxygen atoms in total. The number of likely N-dealkylation sites (tertiary alicyclic amines) is 1. The van der Waals surface area contributed by atoms with Crippen molar-refractivity contribution in [3.8, 4) is 0 Å². The number of anilines is 1. The maximum absolute atomic E-state index is 14.1. The van der Waals surface area contributed by atoms with Gasteiger partial charge >= 0.3 is 5.97 Å². The van der Waals surface area contributed by atoms with Crippen molar-refractivity contribution >= 4 is 11.7 Å². The molecule has 0 saturated carbocycles. The van der Waals surface area contributed by atoms with Gasteiger partial charge in [0.25, 0.3) is 0 Å². The fourth-order valence-corrected chi connectivity index (χ4v) is 4.68. The van der Waals surface area contributed by atoms with Gasteiger partial charge in [-0.05, 0) is 36.2 Å². The lowest BCUT2D eigenvalue weighted by Gasteiger charge is -2.45. The zero-order chi connectivity index (χ0) is 21.8. The van der Waals surface area contributed by atoms with Crippen LogP contribution in [0.1, 0.15) is 22.3 Å². The number of halogens is 1. The van der Waals surface area contributed by atoms with Crippen LogP contribution < -0.4 is 4.90 Å². The van der Waals surface area contributed by atoms with Crippen molar-refractivity contribution in [2.24, 2.45) is 0 Å². The van der Waals surface area contributed by atoms with Crippen LogP contribution in [0.15, 0.2) is 48.5 Å². The van der Waals surface area contributed by atoms with E-state index >= 15 is 0 Å². The zero-order valence-corrected chi connectivity index (χ0v) is 17.9. The van der Waals surface area contributed by atoms with Crippen LogP contribution >= 0.6 is 0 Å². The molecule has 2 aromatic carbocycles. The number of hydrogen-bond acceptors (Lipinski definition) is 6. The molecule has 4 rings (SSSR count). The Labute approximate surface area is 182 Å². The van der Waals surface area contributed by atoms with Crippen molar-refractivity contribution in [1.29, 1.82) is 0 Å². The minimum absolute atomic E-state index is 0.140. The summed E-state index contributed by atoms with van der Waals surface area (Å²) < 4.78 is 18.8. The summed E-state index contributed by atoms with van der Waals surface area (Å²) in [4.78, 5) is 18.3. The Bertz CT molecular complexity index is 884. The monoisotopic (exact) mass is 427 g/mol. The summed E-state index contributed by atoms with van der Waals surface area (Å²) in [6.45, 7) is 5.45. The van der Waals surface area contributed by atoms with Gasteiger partial charge in [-0.25, -0.2) is 9.18 Å². The average molecular weight is 428 g/mol. The Morgan fingerprint density at radius 3 is 2.42 bits per heavy atom. The predicted molar refractivity (Wildman–Crippen MR) is 118 cm³/mol. The fourth-order valence-electron chi connectivity index (χ4n) is 4.68. The second-order valence-corrected chi connectivity index (χ2v) is 8.32. The first kappa shape index (κ1) is 21.7. The van der Waals surface area contributed by atoms with Crippen molar-refractivity contribution in [1.82, 2.24) is 9.80 Å². The molecule has 0 bridgehead atoms. The molecule has 166 valence electrons. The summed E-state index contributed by atoms with van der Waals surface area (Å²) in [6.07, 6.45) is 0.490. The minimum atomic E-state index is -0.414. The van der Waals surface area contributed by atoms with E-state index < -0.39 is 6.10 Å². The summed E-state index contributed by atoms with van der Waals surface area (Å²) >= 11 is 0. The highest BCUT2D eigenvalue weighted by atomic mass is 19.1. The first-order chi connectivity index (χ1) is 15.0. The fraction of sp³-hybridized carbons (Fsp3) is 0.458. The van der Waals surface area contributed by atoms with E-state index in [1.807, 2.05) is 24.3 Å². The summed E-state index contributed by atoms with van der Waals surface area (Å²) in [5, 5.41) is 10.8. The lowest BCUT2D eigenvalue weighted by atomic mass is 9.98. The molecule has 2 aliphatic heterocycles. The Kier molecular flexibility index (Phi) is 6.85. The number of piperazine rings is 1. The van der Waals surface area contributed by atoms with E-state index in [2.05, 4.69) is 14.7 Å². The number of rotatable bonds is 5. The van der Waals surface area contributed by atoms with Gasteiger partial charge in [0.05, 0.1) is 24.5 Å². The lowest BCUT2D eigenvalue weighted by molar-refractivity contribution is -0.0172. The van der Waals surface area contributed by atoms with Gasteiger partial charge in [-0.1, -0.05) is 24.3 Å². The normalized spacial score (nSPS) is 23.0. The lowest BCUT2D eigenvalue weighted by Crippen LogP contribution is -2.58. The smallest absolute Gasteiger partial charge is 0.337 e. The Morgan fingerprint density at radius 2 is 1.77 bits per heavy atom. The molecule has 2 aromatic rings. The van der Waals surface area contributed by atoms with E-state index in [0.29, 0.717) is 17.8 Å². The van der Waals surface area contributed by atoms with Crippen molar-refractivity contribution in [3.63, 3.8) is 0 Å². The second kappa shape index (κ2) is 9.77. The number of β-amino-alcohol motifs (C(OH)–C–C–N with tert-alkyl or cyclic N) is 1. The van der Waals surface area contributed by atoms with E-state index in [4.69, 9.17) is 4.74 Å². The molecule has 2 heterocycles. The van der Waals surface area contributed by atoms with Gasteiger partial charge in [0.15, 0.2) is 0 Å². The number of methoxy groups -OCH3 is 1. The van der Waals surface area contributed by atoms with E-state index in [0.717, 1.165) is 51.3 Å². The van der Waals surface area contributed by atoms with Gasteiger partial charge < -0.3 is 14.7 Å². The van der Waals surface area contributed by atoms with Crippen LogP contribution in [-0.2, 0) is 11.3 Å². The zero-order valence-electron chi connectivity index (χ0n) is 17.9. The molecule has 7 heteroatoms. The summed E-state index contributed by atoms with van der Waals surface area (Å²) in [5.41, 5.74) is 2.31. The molecule has 2 saturated heterocycles. The third kappa shape index (κ3) is 5.06. The summed E-state index contributed by atoms with van der Waals surface area (Å²) in [5.74, 6) is -0.512. The van der Waals surface area contributed by atoms with Crippen LogP contribution in [0.3, 0.4) is 0 Å². The number of carbonyl (C=O) groups is 1. The molecule has 0 radical (unpaired) electrons. The minimum Gasteiger partial charge on any atom is -0.465 e. The van der Waals surface area contributed by atoms with Crippen LogP contribution in [0.4, 0.5) is 10.1 Å². The molecule has 0 spiro atoms. The van der Waals surface area contributed by atoms with Crippen LogP contribution in [0, 0.1) is 5.82 Å². The number of piperidine rings is 1. The van der Waals surface area contributed by atoms with Gasteiger partial charge in [0.1, 0.15) is 5.82 Å². The highest BCUT2D eigenvalue weighted by molar-refractivity contribution is 5.89. The van der Waals surface area contributed by atoms with Crippen molar-refractivity contribution in [2.45, 2.75) is 25.1 Å². The number of aliphatic hydroxyl groups is 1. The van der Waals surface area contributed by atoms with Gasteiger partial charge in [-0.2, -0.15) is 0 Å². The SMILES string of the molecule is COC(=O)c1ccc(CN2CC[C@@H](N3CCN(c4ccccc4F)CC3)[C@H](O)C2)cc1. The molecular formula is C24H30FN3O3. The third-order valence-corrected chi connectivity index (χ3v) is 6.39. The molecular weight excluding hydrogens is 397 g/mol. The number of carbonyl (C=O) groups excluding carboxylic acids is 1. The number of ether oxygens (including phenoxy) is 1. The molecule has 0 aromatic heterocycles. The van der Waals surface area contributed by atoms with Crippen LogP contribution in [0.25, 0.3) is 0 Å². The molecule has 2 fully saturated rings. The van der Waals surface area contributed by atoms with Crippen molar-refractivity contribution in [2.75, 3.05) is 51.3 Å². The first-order valence-electron chi connectivity index (χ1n) is 10.9. The molecule has 0 aliphatic carbocycles. The highest BCUT2D eigenvalue weighted by Crippen LogP contribution is 2.24. The van der Waals surface area contributed by atoms with E-state index in [-0.39, 0.29) is 17.8 Å². The Balaban J connectivity index is 1.28. The quantitative estimate of drug-likeness (QED) is 0.740. The number of esters is 1. The standard InChI is InChI=1S/C24H30FN3O3/c1-31-24(30)19-8-6-18(7-9-19)16-26-11-10-22(23(29)17-26)28-14-12-27(13-15-28)21-5-3-2-4-20(21)25/h2-9,22-23,29H,10-17H2,1H3/t22-,23-/m1/s1. The van der Waals surface area contributed by atoms with E-state index in [1.165, 1.54) is 13.2 Å².